The van der Waals surface area contributed by atoms with Gasteiger partial charge in [0.15, 0.2) is 24.7 Å². The van der Waals surface area contributed by atoms with E-state index >= 15 is 0 Å². The first-order chi connectivity index (χ1) is 19.9. The van der Waals surface area contributed by atoms with E-state index in [-0.39, 0.29) is 17.6 Å². The second-order valence-corrected chi connectivity index (χ2v) is 9.77. The lowest BCUT2D eigenvalue weighted by Gasteiger charge is -2.29. The first-order valence-electron chi connectivity index (χ1n) is 13.6. The van der Waals surface area contributed by atoms with Gasteiger partial charge < -0.3 is 14.2 Å². The molecule has 5 rings (SSSR count). The van der Waals surface area contributed by atoms with Crippen LogP contribution in [0.5, 0.6) is 11.5 Å². The molecule has 3 aromatic rings. The average Bonchev–Trinajstić information content (AvgIpc) is 3.38. The van der Waals surface area contributed by atoms with E-state index in [1.807, 2.05) is 13.0 Å². The van der Waals surface area contributed by atoms with Gasteiger partial charge in [0.25, 0.3) is 5.91 Å². The van der Waals surface area contributed by atoms with Crippen molar-refractivity contribution in [3.05, 3.63) is 101 Å². The fourth-order valence-corrected chi connectivity index (χ4v) is 5.19. The molecule has 1 fully saturated rings. The number of para-hydroxylation sites is 2. The summed E-state index contributed by atoms with van der Waals surface area (Å²) in [5, 5.41) is 6.06. The Morgan fingerprint density at radius 2 is 1.59 bits per heavy atom. The van der Waals surface area contributed by atoms with Crippen molar-refractivity contribution in [2.24, 2.45) is 11.0 Å². The minimum atomic E-state index is -0.718. The number of benzene rings is 3. The SMILES string of the molecule is CCOc1ccccc1OCC(=O)OCC(=O)N1N=C2C(=Cc3ccc(F)cc3)CCCC2C1c1ccc(F)cc1. The number of halogens is 2. The highest BCUT2D eigenvalue weighted by Gasteiger charge is 2.43. The molecule has 0 radical (unpaired) electrons. The third-order valence-electron chi connectivity index (χ3n) is 7.03. The Hall–Kier alpha value is -4.53. The minimum absolute atomic E-state index is 0.126. The standard InChI is InChI=1S/C32H30F2N2O5/c1-2-39-27-8-3-4-9-28(27)40-20-30(38)41-19-29(37)36-32(22-12-16-25(34)17-13-22)26-7-5-6-23(31(26)35-36)18-21-10-14-24(33)15-11-21/h3-4,8-18,26,32H,2,5-7,19-20H2,1H3. The third-order valence-corrected chi connectivity index (χ3v) is 7.03. The number of nitrogens with zero attached hydrogens (tertiary/aromatic N) is 2. The summed E-state index contributed by atoms with van der Waals surface area (Å²) in [4.78, 5) is 25.9. The molecule has 1 aliphatic carbocycles. The number of esters is 1. The lowest BCUT2D eigenvalue weighted by molar-refractivity contribution is -0.154. The molecule has 7 nitrogen and oxygen atoms in total. The first kappa shape index (κ1) is 28.0. The zero-order valence-electron chi connectivity index (χ0n) is 22.6. The fourth-order valence-electron chi connectivity index (χ4n) is 5.19. The number of hydrogen-bond acceptors (Lipinski definition) is 6. The van der Waals surface area contributed by atoms with E-state index in [4.69, 9.17) is 19.3 Å². The quantitative estimate of drug-likeness (QED) is 0.295. The van der Waals surface area contributed by atoms with Gasteiger partial charge in [0.05, 0.1) is 18.4 Å². The molecule has 1 amide bonds. The Balaban J connectivity index is 1.32. The number of amides is 1. The van der Waals surface area contributed by atoms with Crippen molar-refractivity contribution in [1.82, 2.24) is 5.01 Å². The summed E-state index contributed by atoms with van der Waals surface area (Å²) >= 11 is 0. The molecule has 41 heavy (non-hydrogen) atoms. The van der Waals surface area contributed by atoms with Crippen molar-refractivity contribution < 1.29 is 32.6 Å². The van der Waals surface area contributed by atoms with Crippen molar-refractivity contribution in [2.45, 2.75) is 32.2 Å². The fraction of sp³-hybridized carbons (Fsp3) is 0.281. The number of allylic oxidation sites excluding steroid dienone is 1. The molecule has 9 heteroatoms. The van der Waals surface area contributed by atoms with Crippen LogP contribution in [0.15, 0.2) is 83.5 Å². The molecule has 1 aliphatic heterocycles. The van der Waals surface area contributed by atoms with Gasteiger partial charge in [-0.3, -0.25) is 4.79 Å². The van der Waals surface area contributed by atoms with Gasteiger partial charge in [-0.1, -0.05) is 36.4 Å². The van der Waals surface area contributed by atoms with E-state index in [1.165, 1.54) is 29.3 Å². The van der Waals surface area contributed by atoms with Crippen LogP contribution in [0, 0.1) is 17.6 Å². The molecule has 0 bridgehead atoms. The zero-order valence-corrected chi connectivity index (χ0v) is 22.6. The van der Waals surface area contributed by atoms with Crippen molar-refractivity contribution in [1.29, 1.82) is 0 Å². The summed E-state index contributed by atoms with van der Waals surface area (Å²) in [5.74, 6) is -1.16. The van der Waals surface area contributed by atoms with Gasteiger partial charge in [-0.15, -0.1) is 0 Å². The Morgan fingerprint density at radius 1 is 0.927 bits per heavy atom. The van der Waals surface area contributed by atoms with Crippen LogP contribution in [0.3, 0.4) is 0 Å². The Labute approximate surface area is 237 Å². The summed E-state index contributed by atoms with van der Waals surface area (Å²) in [6, 6.07) is 18.6. The van der Waals surface area contributed by atoms with Crippen LogP contribution in [-0.4, -0.2) is 42.4 Å². The van der Waals surface area contributed by atoms with Crippen LogP contribution in [0.25, 0.3) is 6.08 Å². The van der Waals surface area contributed by atoms with Gasteiger partial charge in [0.2, 0.25) is 0 Å². The largest absolute Gasteiger partial charge is 0.490 e. The highest BCUT2D eigenvalue weighted by molar-refractivity contribution is 6.08. The molecule has 1 heterocycles. The van der Waals surface area contributed by atoms with E-state index in [2.05, 4.69) is 0 Å². The first-order valence-corrected chi connectivity index (χ1v) is 13.6. The summed E-state index contributed by atoms with van der Waals surface area (Å²) in [5.41, 5.74) is 3.26. The number of fused-ring (bicyclic) bond motifs is 1. The zero-order chi connectivity index (χ0) is 28.8. The normalized spacial score (nSPS) is 19.0. The van der Waals surface area contributed by atoms with Crippen LogP contribution in [0.4, 0.5) is 8.78 Å². The highest BCUT2D eigenvalue weighted by Crippen LogP contribution is 2.44. The maximum absolute atomic E-state index is 13.7. The van der Waals surface area contributed by atoms with E-state index in [0.29, 0.717) is 18.1 Å². The average molecular weight is 561 g/mol. The Morgan fingerprint density at radius 3 is 2.27 bits per heavy atom. The predicted molar refractivity (Wildman–Crippen MR) is 149 cm³/mol. The molecule has 1 saturated carbocycles. The lowest BCUT2D eigenvalue weighted by Crippen LogP contribution is -2.35. The van der Waals surface area contributed by atoms with Crippen molar-refractivity contribution in [3.8, 4) is 11.5 Å². The van der Waals surface area contributed by atoms with Crippen LogP contribution >= 0.6 is 0 Å². The Kier molecular flexibility index (Phi) is 8.72. The van der Waals surface area contributed by atoms with Crippen LogP contribution < -0.4 is 9.47 Å². The van der Waals surface area contributed by atoms with Gasteiger partial charge >= 0.3 is 5.97 Å². The van der Waals surface area contributed by atoms with Gasteiger partial charge in [0.1, 0.15) is 11.6 Å². The Bertz CT molecular complexity index is 1450. The number of carbonyl (C=O) groups is 2. The van der Waals surface area contributed by atoms with Gasteiger partial charge in [-0.05, 0) is 85.4 Å². The van der Waals surface area contributed by atoms with E-state index in [1.54, 1.807) is 48.5 Å². The topological polar surface area (TPSA) is 77.4 Å². The second-order valence-electron chi connectivity index (χ2n) is 9.77. The predicted octanol–water partition coefficient (Wildman–Crippen LogP) is 6.11. The summed E-state index contributed by atoms with van der Waals surface area (Å²) in [6.07, 6.45) is 4.35. The molecule has 2 aliphatic rings. The van der Waals surface area contributed by atoms with Crippen LogP contribution in [0.1, 0.15) is 43.4 Å². The lowest BCUT2D eigenvalue weighted by atomic mass is 9.77. The number of carbonyl (C=O) groups excluding carboxylic acids is 2. The summed E-state index contributed by atoms with van der Waals surface area (Å²) in [6.45, 7) is 1.35. The number of hydrazone groups is 1. The molecule has 0 spiro atoms. The molecular weight excluding hydrogens is 530 g/mol. The highest BCUT2D eigenvalue weighted by atomic mass is 19.1. The van der Waals surface area contributed by atoms with Crippen molar-refractivity contribution in [2.75, 3.05) is 19.8 Å². The van der Waals surface area contributed by atoms with Crippen LogP contribution in [-0.2, 0) is 14.3 Å². The summed E-state index contributed by atoms with van der Waals surface area (Å²) in [7, 11) is 0. The second kappa shape index (κ2) is 12.8. The van der Waals surface area contributed by atoms with Crippen molar-refractivity contribution >= 4 is 23.7 Å². The van der Waals surface area contributed by atoms with E-state index in [9.17, 15) is 18.4 Å². The molecule has 0 N–H and O–H groups in total. The molecule has 0 aromatic heterocycles. The smallest absolute Gasteiger partial charge is 0.344 e. The number of ether oxygens (including phenoxy) is 3. The number of hydrogen-bond donors (Lipinski definition) is 0. The van der Waals surface area contributed by atoms with E-state index < -0.39 is 31.1 Å². The molecular formula is C32H30F2N2O5. The molecule has 0 saturated heterocycles. The molecule has 2 atom stereocenters. The van der Waals surface area contributed by atoms with Gasteiger partial charge in [-0.2, -0.15) is 5.10 Å². The summed E-state index contributed by atoms with van der Waals surface area (Å²) < 4.78 is 43.5. The van der Waals surface area contributed by atoms with Crippen molar-refractivity contribution in [3.63, 3.8) is 0 Å². The van der Waals surface area contributed by atoms with Gasteiger partial charge in [-0.25, -0.2) is 18.6 Å². The number of rotatable bonds is 9. The maximum atomic E-state index is 13.7. The monoisotopic (exact) mass is 560 g/mol. The van der Waals surface area contributed by atoms with E-state index in [0.717, 1.165) is 41.7 Å². The van der Waals surface area contributed by atoms with Crippen LogP contribution in [0.2, 0.25) is 0 Å². The third kappa shape index (κ3) is 6.62. The van der Waals surface area contributed by atoms with Gasteiger partial charge in [0, 0.05) is 5.92 Å². The molecule has 3 aromatic carbocycles. The minimum Gasteiger partial charge on any atom is -0.490 e. The maximum Gasteiger partial charge on any atom is 0.344 e. The molecule has 212 valence electrons. The molecule has 2 unspecified atom stereocenters.